The van der Waals surface area contributed by atoms with Crippen molar-refractivity contribution in [3.8, 4) is 0 Å². The molecule has 0 N–H and O–H groups in total. The number of aromatic nitrogens is 2. The van der Waals surface area contributed by atoms with Gasteiger partial charge in [-0.05, 0) is 18.9 Å². The number of sulfone groups is 1. The summed E-state index contributed by atoms with van der Waals surface area (Å²) in [6, 6.07) is 2.67. The molecule has 2 fully saturated rings. The molecule has 1 aliphatic carbocycles. The maximum atomic E-state index is 12.6. The molecular weight excluding hydrogens is 318 g/mol. The van der Waals surface area contributed by atoms with Gasteiger partial charge in [0.05, 0.1) is 10.5 Å². The maximum Gasteiger partial charge on any atom is 0.274 e. The van der Waals surface area contributed by atoms with Crippen LogP contribution in [0.5, 0.6) is 0 Å². The zero-order chi connectivity index (χ0) is 16.6. The van der Waals surface area contributed by atoms with E-state index in [0.717, 1.165) is 36.8 Å². The van der Waals surface area contributed by atoms with Crippen molar-refractivity contribution in [3.05, 3.63) is 28.2 Å². The molecule has 1 aromatic rings. The zero-order valence-corrected chi connectivity index (χ0v) is 14.0. The molecule has 2 heterocycles. The standard InChI is InChI=1S/C15H21N3O4S/c1-17-14(19)8-7-13(16-17)15(20)18-9-12(10-18)23(21,22)11-5-3-2-4-6-11/h7-8,11-12H,2-6,9-10H2,1H3. The molecule has 0 spiro atoms. The lowest BCUT2D eigenvalue weighted by Gasteiger charge is -2.40. The van der Waals surface area contributed by atoms with Gasteiger partial charge in [0.2, 0.25) is 0 Å². The molecule has 126 valence electrons. The van der Waals surface area contributed by atoms with Gasteiger partial charge >= 0.3 is 0 Å². The van der Waals surface area contributed by atoms with Gasteiger partial charge < -0.3 is 4.90 Å². The molecule has 0 radical (unpaired) electrons. The van der Waals surface area contributed by atoms with Crippen molar-refractivity contribution >= 4 is 15.7 Å². The van der Waals surface area contributed by atoms with Gasteiger partial charge in [-0.25, -0.2) is 13.1 Å². The molecule has 2 aliphatic rings. The van der Waals surface area contributed by atoms with Crippen molar-refractivity contribution in [1.29, 1.82) is 0 Å². The molecule has 0 aromatic carbocycles. The van der Waals surface area contributed by atoms with Crippen molar-refractivity contribution in [2.45, 2.75) is 42.6 Å². The molecule has 1 saturated carbocycles. The van der Waals surface area contributed by atoms with E-state index in [1.54, 1.807) is 0 Å². The van der Waals surface area contributed by atoms with Gasteiger partial charge in [0.1, 0.15) is 5.69 Å². The highest BCUT2D eigenvalue weighted by Crippen LogP contribution is 2.30. The van der Waals surface area contributed by atoms with Crippen LogP contribution in [-0.4, -0.2) is 52.6 Å². The second kappa shape index (κ2) is 6.07. The Hall–Kier alpha value is -1.70. The lowest BCUT2D eigenvalue weighted by Crippen LogP contribution is -2.59. The van der Waals surface area contributed by atoms with E-state index in [1.165, 1.54) is 24.1 Å². The Morgan fingerprint density at radius 2 is 1.78 bits per heavy atom. The Bertz CT molecular complexity index is 759. The van der Waals surface area contributed by atoms with Crippen LogP contribution in [0.25, 0.3) is 0 Å². The fourth-order valence-electron chi connectivity index (χ4n) is 3.26. The molecule has 0 bridgehead atoms. The van der Waals surface area contributed by atoms with E-state index in [1.807, 2.05) is 0 Å². The molecule has 0 unspecified atom stereocenters. The molecule has 1 amide bonds. The topological polar surface area (TPSA) is 89.3 Å². The monoisotopic (exact) mass is 339 g/mol. The summed E-state index contributed by atoms with van der Waals surface area (Å²) in [6.45, 7) is 0.449. The lowest BCUT2D eigenvalue weighted by atomic mass is 10.0. The zero-order valence-electron chi connectivity index (χ0n) is 13.1. The van der Waals surface area contributed by atoms with Gasteiger partial charge in [0.15, 0.2) is 9.84 Å². The summed E-state index contributed by atoms with van der Waals surface area (Å²) in [5, 5.41) is 3.22. The Balaban J connectivity index is 1.65. The van der Waals surface area contributed by atoms with E-state index in [2.05, 4.69) is 5.10 Å². The van der Waals surface area contributed by atoms with Crippen LogP contribution >= 0.6 is 0 Å². The first kappa shape index (κ1) is 16.2. The average molecular weight is 339 g/mol. The summed E-state index contributed by atoms with van der Waals surface area (Å²) < 4.78 is 26.2. The highest BCUT2D eigenvalue weighted by Gasteiger charge is 2.44. The molecule has 7 nitrogen and oxygen atoms in total. The summed E-state index contributed by atoms with van der Waals surface area (Å²) in [6.07, 6.45) is 4.55. The number of hydrogen-bond donors (Lipinski definition) is 0. The van der Waals surface area contributed by atoms with Crippen LogP contribution in [0.4, 0.5) is 0 Å². The van der Waals surface area contributed by atoms with Crippen molar-refractivity contribution in [2.75, 3.05) is 13.1 Å². The molecule has 0 atom stereocenters. The van der Waals surface area contributed by atoms with Gasteiger partial charge in [0.25, 0.3) is 11.5 Å². The number of rotatable bonds is 3. The number of nitrogens with zero attached hydrogens (tertiary/aromatic N) is 3. The number of carbonyl (C=O) groups excluding carboxylic acids is 1. The van der Waals surface area contributed by atoms with E-state index < -0.39 is 15.1 Å². The molecule has 23 heavy (non-hydrogen) atoms. The first-order valence-corrected chi connectivity index (χ1v) is 9.57. The minimum atomic E-state index is -3.16. The number of aryl methyl sites for hydroxylation is 1. The second-order valence-electron chi connectivity index (χ2n) is 6.36. The average Bonchev–Trinajstić information content (AvgIpc) is 2.49. The largest absolute Gasteiger partial charge is 0.335 e. The summed E-state index contributed by atoms with van der Waals surface area (Å²) in [4.78, 5) is 25.1. The fraction of sp³-hybridized carbons (Fsp3) is 0.667. The van der Waals surface area contributed by atoms with Crippen LogP contribution in [0.1, 0.15) is 42.6 Å². The highest BCUT2D eigenvalue weighted by molar-refractivity contribution is 7.92. The number of likely N-dealkylation sites (tertiary alicyclic amines) is 1. The van der Waals surface area contributed by atoms with Gasteiger partial charge in [-0.15, -0.1) is 0 Å². The van der Waals surface area contributed by atoms with Crippen LogP contribution in [0.15, 0.2) is 16.9 Å². The number of amides is 1. The van der Waals surface area contributed by atoms with Gasteiger partial charge in [-0.3, -0.25) is 9.59 Å². The molecule has 3 rings (SSSR count). The third-order valence-electron chi connectivity index (χ3n) is 4.80. The van der Waals surface area contributed by atoms with Crippen molar-refractivity contribution < 1.29 is 13.2 Å². The minimum Gasteiger partial charge on any atom is -0.335 e. The smallest absolute Gasteiger partial charge is 0.274 e. The van der Waals surface area contributed by atoms with Crippen LogP contribution in [-0.2, 0) is 16.9 Å². The molecule has 1 saturated heterocycles. The molecule has 1 aromatic heterocycles. The second-order valence-corrected chi connectivity index (χ2v) is 8.87. The SMILES string of the molecule is Cn1nc(C(=O)N2CC(S(=O)(=O)C3CCCCC3)C2)ccc1=O. The predicted octanol–water partition coefficient (Wildman–Crippen LogP) is 0.352. The van der Waals surface area contributed by atoms with E-state index in [0.29, 0.717) is 0 Å². The van der Waals surface area contributed by atoms with Gasteiger partial charge in [-0.1, -0.05) is 19.3 Å². The van der Waals surface area contributed by atoms with Crippen LogP contribution in [0.3, 0.4) is 0 Å². The Kier molecular flexibility index (Phi) is 4.27. The molecule has 8 heteroatoms. The Morgan fingerprint density at radius 3 is 2.39 bits per heavy atom. The maximum absolute atomic E-state index is 12.6. The third-order valence-corrected chi connectivity index (χ3v) is 7.42. The molecular formula is C15H21N3O4S. The highest BCUT2D eigenvalue weighted by atomic mass is 32.2. The van der Waals surface area contributed by atoms with Crippen molar-refractivity contribution in [2.24, 2.45) is 7.05 Å². The van der Waals surface area contributed by atoms with Crippen LogP contribution in [0, 0.1) is 0 Å². The summed E-state index contributed by atoms with van der Waals surface area (Å²) >= 11 is 0. The Labute approximate surface area is 135 Å². The molecule has 1 aliphatic heterocycles. The van der Waals surface area contributed by atoms with E-state index in [9.17, 15) is 18.0 Å². The normalized spacial score (nSPS) is 20.3. The summed E-state index contributed by atoms with van der Waals surface area (Å²) in [5.74, 6) is -0.323. The van der Waals surface area contributed by atoms with Gasteiger partial charge in [0, 0.05) is 26.2 Å². The van der Waals surface area contributed by atoms with Crippen molar-refractivity contribution in [1.82, 2.24) is 14.7 Å². The van der Waals surface area contributed by atoms with E-state index in [4.69, 9.17) is 0 Å². The lowest BCUT2D eigenvalue weighted by molar-refractivity contribution is 0.0649. The van der Waals surface area contributed by atoms with E-state index in [-0.39, 0.29) is 35.5 Å². The summed E-state index contributed by atoms with van der Waals surface area (Å²) in [5.41, 5.74) is -0.122. The van der Waals surface area contributed by atoms with E-state index >= 15 is 0 Å². The van der Waals surface area contributed by atoms with Gasteiger partial charge in [-0.2, -0.15) is 5.10 Å². The summed E-state index contributed by atoms with van der Waals surface area (Å²) in [7, 11) is -1.68. The first-order chi connectivity index (χ1) is 10.9. The Morgan fingerprint density at radius 1 is 1.13 bits per heavy atom. The first-order valence-electron chi connectivity index (χ1n) is 7.96. The quantitative estimate of drug-likeness (QED) is 0.793. The van der Waals surface area contributed by atoms with Crippen LogP contribution in [0.2, 0.25) is 0 Å². The third kappa shape index (κ3) is 3.04. The number of hydrogen-bond acceptors (Lipinski definition) is 5. The fourth-order valence-corrected chi connectivity index (χ4v) is 5.57. The predicted molar refractivity (Wildman–Crippen MR) is 85.0 cm³/mol. The minimum absolute atomic E-state index is 0.167. The van der Waals surface area contributed by atoms with Crippen molar-refractivity contribution in [3.63, 3.8) is 0 Å². The van der Waals surface area contributed by atoms with Crippen LogP contribution < -0.4 is 5.56 Å². The number of carbonyl (C=O) groups is 1.